The number of aromatic hydroxyl groups is 1. The molecule has 0 amide bonds. The van der Waals surface area contributed by atoms with Crippen molar-refractivity contribution in [3.8, 4) is 11.5 Å². The lowest BCUT2D eigenvalue weighted by Gasteiger charge is -2.12. The fourth-order valence-electron chi connectivity index (χ4n) is 1.13. The molecule has 0 heterocycles. The maximum absolute atomic E-state index is 13.0. The van der Waals surface area contributed by atoms with E-state index >= 15 is 0 Å². The molecule has 14 heavy (non-hydrogen) atoms. The van der Waals surface area contributed by atoms with Gasteiger partial charge < -0.3 is 15.6 Å². The fourth-order valence-corrected chi connectivity index (χ4v) is 1.13. The second-order valence-corrected chi connectivity index (χ2v) is 2.81. The number of phenols is 1. The van der Waals surface area contributed by atoms with Crippen LogP contribution in [-0.4, -0.2) is 12.2 Å². The van der Waals surface area contributed by atoms with Crippen LogP contribution in [0, 0.1) is 5.82 Å². The third kappa shape index (κ3) is 1.85. The van der Waals surface area contributed by atoms with Crippen molar-refractivity contribution in [2.45, 2.75) is 6.04 Å². The molecule has 3 N–H and O–H groups in total. The molecule has 1 atom stereocenters. The van der Waals surface area contributed by atoms with Gasteiger partial charge in [0.1, 0.15) is 5.82 Å². The van der Waals surface area contributed by atoms with Crippen LogP contribution in [0.1, 0.15) is 11.6 Å². The summed E-state index contributed by atoms with van der Waals surface area (Å²) in [4.78, 5) is 0. The Balaban J connectivity index is 3.28. The summed E-state index contributed by atoms with van der Waals surface area (Å²) < 4.78 is 17.8. The van der Waals surface area contributed by atoms with Crippen LogP contribution in [0.4, 0.5) is 4.39 Å². The number of hydrogen-bond donors (Lipinski definition) is 2. The Bertz CT molecular complexity index is 352. The first kappa shape index (κ1) is 10.5. The molecule has 1 aromatic carbocycles. The summed E-state index contributed by atoms with van der Waals surface area (Å²) >= 11 is 0. The Morgan fingerprint density at radius 3 is 2.79 bits per heavy atom. The quantitative estimate of drug-likeness (QED) is 0.725. The van der Waals surface area contributed by atoms with Gasteiger partial charge >= 0.3 is 0 Å². The van der Waals surface area contributed by atoms with Gasteiger partial charge in [0.05, 0.1) is 13.2 Å². The van der Waals surface area contributed by atoms with Crippen LogP contribution < -0.4 is 10.5 Å². The molecule has 0 spiro atoms. The molecule has 1 rings (SSSR count). The van der Waals surface area contributed by atoms with E-state index in [1.165, 1.54) is 13.2 Å². The highest BCUT2D eigenvalue weighted by atomic mass is 19.1. The van der Waals surface area contributed by atoms with Gasteiger partial charge in [-0.1, -0.05) is 6.08 Å². The van der Waals surface area contributed by atoms with Gasteiger partial charge in [-0.15, -0.1) is 6.58 Å². The molecule has 0 aromatic heterocycles. The Morgan fingerprint density at radius 2 is 2.29 bits per heavy atom. The molecule has 0 bridgehead atoms. The second-order valence-electron chi connectivity index (χ2n) is 2.81. The Kier molecular flexibility index (Phi) is 3.09. The number of halogens is 1. The van der Waals surface area contributed by atoms with Crippen LogP contribution in [-0.2, 0) is 0 Å². The number of ether oxygens (including phenoxy) is 1. The van der Waals surface area contributed by atoms with Crippen LogP contribution in [0.2, 0.25) is 0 Å². The van der Waals surface area contributed by atoms with Crippen LogP contribution >= 0.6 is 0 Å². The van der Waals surface area contributed by atoms with Crippen molar-refractivity contribution in [3.05, 3.63) is 36.2 Å². The van der Waals surface area contributed by atoms with Crippen molar-refractivity contribution in [2.24, 2.45) is 5.73 Å². The zero-order chi connectivity index (χ0) is 10.7. The lowest BCUT2D eigenvalue weighted by atomic mass is 10.1. The van der Waals surface area contributed by atoms with Crippen LogP contribution in [0.3, 0.4) is 0 Å². The Labute approximate surface area is 81.6 Å². The second kappa shape index (κ2) is 4.11. The van der Waals surface area contributed by atoms with Gasteiger partial charge in [0.25, 0.3) is 0 Å². The standard InChI is InChI=1S/C10H12FNO2/c1-3-8(12)7-4-6(11)5-9(14-2)10(7)13/h3-5,8,13H,1,12H2,2H3/t8-/m1/s1. The van der Waals surface area contributed by atoms with Gasteiger partial charge in [-0.25, -0.2) is 4.39 Å². The molecular formula is C10H12FNO2. The minimum absolute atomic E-state index is 0.0669. The van der Waals surface area contributed by atoms with E-state index in [2.05, 4.69) is 6.58 Å². The van der Waals surface area contributed by atoms with Gasteiger partial charge in [-0.05, 0) is 6.07 Å². The van der Waals surface area contributed by atoms with E-state index in [4.69, 9.17) is 10.5 Å². The summed E-state index contributed by atoms with van der Waals surface area (Å²) in [5, 5.41) is 9.60. The number of hydrogen-bond acceptors (Lipinski definition) is 3. The monoisotopic (exact) mass is 197 g/mol. The summed E-state index contributed by atoms with van der Waals surface area (Å²) in [5.74, 6) is -0.592. The molecule has 0 aliphatic heterocycles. The molecular weight excluding hydrogens is 185 g/mol. The van der Waals surface area contributed by atoms with E-state index in [9.17, 15) is 9.50 Å². The number of phenolic OH excluding ortho intramolecular Hbond substituents is 1. The zero-order valence-electron chi connectivity index (χ0n) is 7.83. The van der Waals surface area contributed by atoms with Gasteiger partial charge in [-0.2, -0.15) is 0 Å². The van der Waals surface area contributed by atoms with Gasteiger partial charge in [0.15, 0.2) is 11.5 Å². The maximum atomic E-state index is 13.0. The molecule has 0 aliphatic rings. The SMILES string of the molecule is C=C[C@@H](N)c1cc(F)cc(OC)c1O. The van der Waals surface area contributed by atoms with Gasteiger partial charge in [0.2, 0.25) is 0 Å². The summed E-state index contributed by atoms with van der Waals surface area (Å²) in [6.07, 6.45) is 1.41. The average Bonchev–Trinajstić information content (AvgIpc) is 2.19. The van der Waals surface area contributed by atoms with E-state index in [1.807, 2.05) is 0 Å². The predicted octanol–water partition coefficient (Wildman–Crippen LogP) is 1.73. The molecule has 1 aromatic rings. The summed E-state index contributed by atoms with van der Waals surface area (Å²) in [6.45, 7) is 3.46. The molecule has 0 saturated carbocycles. The van der Waals surface area contributed by atoms with Crippen molar-refractivity contribution in [1.29, 1.82) is 0 Å². The molecule has 0 aliphatic carbocycles. The zero-order valence-corrected chi connectivity index (χ0v) is 7.83. The van der Waals surface area contributed by atoms with Crippen molar-refractivity contribution >= 4 is 0 Å². The van der Waals surface area contributed by atoms with Crippen LogP contribution in [0.5, 0.6) is 11.5 Å². The fraction of sp³-hybridized carbons (Fsp3) is 0.200. The number of rotatable bonds is 3. The maximum Gasteiger partial charge on any atom is 0.163 e. The first-order valence-corrected chi connectivity index (χ1v) is 4.04. The highest BCUT2D eigenvalue weighted by Crippen LogP contribution is 2.34. The Morgan fingerprint density at radius 1 is 1.64 bits per heavy atom. The normalized spacial score (nSPS) is 12.2. The first-order valence-electron chi connectivity index (χ1n) is 4.04. The van der Waals surface area contributed by atoms with E-state index in [0.29, 0.717) is 0 Å². The lowest BCUT2D eigenvalue weighted by Crippen LogP contribution is -2.07. The number of methoxy groups -OCH3 is 1. The summed E-state index contributed by atoms with van der Waals surface area (Å²) in [6, 6.07) is 1.64. The topological polar surface area (TPSA) is 55.5 Å². The lowest BCUT2D eigenvalue weighted by molar-refractivity contribution is 0.366. The van der Waals surface area contributed by atoms with Crippen LogP contribution in [0.25, 0.3) is 0 Å². The molecule has 0 radical (unpaired) electrons. The molecule has 3 nitrogen and oxygen atoms in total. The minimum atomic E-state index is -0.611. The largest absolute Gasteiger partial charge is 0.504 e. The highest BCUT2D eigenvalue weighted by molar-refractivity contribution is 5.48. The van der Waals surface area contributed by atoms with E-state index in [-0.39, 0.29) is 17.1 Å². The van der Waals surface area contributed by atoms with Crippen molar-refractivity contribution < 1.29 is 14.2 Å². The van der Waals surface area contributed by atoms with E-state index < -0.39 is 11.9 Å². The molecule has 0 saturated heterocycles. The third-order valence-corrected chi connectivity index (χ3v) is 1.90. The molecule has 76 valence electrons. The summed E-state index contributed by atoms with van der Waals surface area (Å²) in [5.41, 5.74) is 5.85. The van der Waals surface area contributed by atoms with Crippen LogP contribution in [0.15, 0.2) is 24.8 Å². The highest BCUT2D eigenvalue weighted by Gasteiger charge is 2.14. The van der Waals surface area contributed by atoms with E-state index in [0.717, 1.165) is 12.1 Å². The molecule has 4 heteroatoms. The first-order chi connectivity index (χ1) is 6.60. The van der Waals surface area contributed by atoms with Gasteiger partial charge in [-0.3, -0.25) is 0 Å². The van der Waals surface area contributed by atoms with Crippen molar-refractivity contribution in [2.75, 3.05) is 7.11 Å². The molecule has 0 unspecified atom stereocenters. The smallest absolute Gasteiger partial charge is 0.163 e. The summed E-state index contributed by atoms with van der Waals surface area (Å²) in [7, 11) is 1.34. The number of nitrogens with two attached hydrogens (primary N) is 1. The third-order valence-electron chi connectivity index (χ3n) is 1.90. The van der Waals surface area contributed by atoms with Crippen molar-refractivity contribution in [1.82, 2.24) is 0 Å². The van der Waals surface area contributed by atoms with Gasteiger partial charge in [0, 0.05) is 11.6 Å². The Hall–Kier alpha value is -1.55. The average molecular weight is 197 g/mol. The predicted molar refractivity (Wildman–Crippen MR) is 51.7 cm³/mol. The van der Waals surface area contributed by atoms with E-state index in [1.54, 1.807) is 0 Å². The minimum Gasteiger partial charge on any atom is -0.504 e. The van der Waals surface area contributed by atoms with Crippen molar-refractivity contribution in [3.63, 3.8) is 0 Å². The molecule has 0 fully saturated rings. The number of benzene rings is 1.